The van der Waals surface area contributed by atoms with Gasteiger partial charge in [0.25, 0.3) is 0 Å². The largest absolute Gasteiger partial charge is 0.382 e. The van der Waals surface area contributed by atoms with Crippen LogP contribution in [-0.4, -0.2) is 43.4 Å². The Morgan fingerprint density at radius 3 is 2.53 bits per heavy atom. The number of aryl methyl sites for hydroxylation is 1. The molecule has 1 heterocycles. The molecule has 5 heteroatoms. The highest BCUT2D eigenvalue weighted by Crippen LogP contribution is 2.17. The van der Waals surface area contributed by atoms with Gasteiger partial charge < -0.3 is 14.8 Å². The summed E-state index contributed by atoms with van der Waals surface area (Å²) in [4.78, 5) is 9.12. The van der Waals surface area contributed by atoms with E-state index in [1.807, 2.05) is 6.92 Å². The summed E-state index contributed by atoms with van der Waals surface area (Å²) in [5.41, 5.74) is 2.26. The SMILES string of the molecule is CCNc1nc(CCOCCOC)nc(C)c1CC. The van der Waals surface area contributed by atoms with Crippen LogP contribution in [0.3, 0.4) is 0 Å². The zero-order chi connectivity index (χ0) is 14.1. The van der Waals surface area contributed by atoms with Crippen LogP contribution in [0.5, 0.6) is 0 Å². The summed E-state index contributed by atoms with van der Waals surface area (Å²) in [7, 11) is 1.67. The maximum Gasteiger partial charge on any atom is 0.133 e. The molecule has 1 rings (SSSR count). The monoisotopic (exact) mass is 267 g/mol. The van der Waals surface area contributed by atoms with Gasteiger partial charge >= 0.3 is 0 Å². The molecule has 1 aromatic heterocycles. The third-order valence-electron chi connectivity index (χ3n) is 2.86. The molecule has 0 unspecified atom stereocenters. The first-order valence-corrected chi connectivity index (χ1v) is 6.89. The lowest BCUT2D eigenvalue weighted by atomic mass is 10.1. The first-order chi connectivity index (χ1) is 9.22. The lowest BCUT2D eigenvalue weighted by Crippen LogP contribution is -2.12. The van der Waals surface area contributed by atoms with E-state index < -0.39 is 0 Å². The van der Waals surface area contributed by atoms with Crippen LogP contribution in [0.1, 0.15) is 30.9 Å². The van der Waals surface area contributed by atoms with E-state index in [-0.39, 0.29) is 0 Å². The predicted octanol–water partition coefficient (Wildman–Crippen LogP) is 1.98. The number of aromatic nitrogens is 2. The smallest absolute Gasteiger partial charge is 0.133 e. The van der Waals surface area contributed by atoms with Crippen molar-refractivity contribution < 1.29 is 9.47 Å². The van der Waals surface area contributed by atoms with Crippen molar-refractivity contribution in [3.63, 3.8) is 0 Å². The number of anilines is 1. The van der Waals surface area contributed by atoms with Gasteiger partial charge in [-0.1, -0.05) is 6.92 Å². The molecule has 1 N–H and O–H groups in total. The van der Waals surface area contributed by atoms with Gasteiger partial charge in [-0.2, -0.15) is 0 Å². The molecular weight excluding hydrogens is 242 g/mol. The minimum Gasteiger partial charge on any atom is -0.382 e. The van der Waals surface area contributed by atoms with Crippen LogP contribution in [0.25, 0.3) is 0 Å². The Morgan fingerprint density at radius 2 is 1.89 bits per heavy atom. The Kier molecular flexibility index (Phi) is 7.36. The summed E-state index contributed by atoms with van der Waals surface area (Å²) in [5.74, 6) is 1.80. The molecule has 0 radical (unpaired) electrons. The van der Waals surface area contributed by atoms with Crippen molar-refractivity contribution in [1.82, 2.24) is 9.97 Å². The van der Waals surface area contributed by atoms with Crippen LogP contribution in [0.2, 0.25) is 0 Å². The van der Waals surface area contributed by atoms with Gasteiger partial charge in [-0.15, -0.1) is 0 Å². The topological polar surface area (TPSA) is 56.3 Å². The average molecular weight is 267 g/mol. The number of hydrogen-bond donors (Lipinski definition) is 1. The Balaban J connectivity index is 2.63. The van der Waals surface area contributed by atoms with Crippen molar-refractivity contribution in [3.05, 3.63) is 17.1 Å². The van der Waals surface area contributed by atoms with Crippen molar-refractivity contribution in [3.8, 4) is 0 Å². The second kappa shape index (κ2) is 8.82. The number of methoxy groups -OCH3 is 1. The molecule has 19 heavy (non-hydrogen) atoms. The molecule has 0 spiro atoms. The third-order valence-corrected chi connectivity index (χ3v) is 2.86. The summed E-state index contributed by atoms with van der Waals surface area (Å²) in [6, 6.07) is 0. The van der Waals surface area contributed by atoms with Gasteiger partial charge in [0.1, 0.15) is 11.6 Å². The molecule has 108 valence electrons. The van der Waals surface area contributed by atoms with E-state index in [1.54, 1.807) is 7.11 Å². The Bertz CT molecular complexity index is 383. The molecule has 0 amide bonds. The van der Waals surface area contributed by atoms with Gasteiger partial charge in [-0.05, 0) is 20.3 Å². The summed E-state index contributed by atoms with van der Waals surface area (Å²) in [5, 5.41) is 3.31. The fraction of sp³-hybridized carbons (Fsp3) is 0.714. The molecule has 0 saturated heterocycles. The molecular formula is C14H25N3O2. The van der Waals surface area contributed by atoms with Gasteiger partial charge in [0.05, 0.1) is 19.8 Å². The number of ether oxygens (including phenoxy) is 2. The first kappa shape index (κ1) is 15.9. The second-order valence-electron chi connectivity index (χ2n) is 4.29. The Labute approximate surface area is 115 Å². The second-order valence-corrected chi connectivity index (χ2v) is 4.29. The molecule has 1 aromatic rings. The molecule has 0 fully saturated rings. The Hall–Kier alpha value is -1.20. The predicted molar refractivity (Wildman–Crippen MR) is 76.7 cm³/mol. The molecule has 5 nitrogen and oxygen atoms in total. The maximum absolute atomic E-state index is 5.45. The maximum atomic E-state index is 5.45. The number of rotatable bonds is 9. The lowest BCUT2D eigenvalue weighted by molar-refractivity contribution is 0.0716. The quantitative estimate of drug-likeness (QED) is 0.693. The van der Waals surface area contributed by atoms with Gasteiger partial charge in [0.2, 0.25) is 0 Å². The van der Waals surface area contributed by atoms with E-state index in [4.69, 9.17) is 9.47 Å². The third kappa shape index (κ3) is 5.12. The molecule has 0 aromatic carbocycles. The van der Waals surface area contributed by atoms with E-state index in [9.17, 15) is 0 Å². The van der Waals surface area contributed by atoms with E-state index in [0.717, 1.165) is 36.7 Å². The van der Waals surface area contributed by atoms with Gasteiger partial charge in [-0.3, -0.25) is 0 Å². The average Bonchev–Trinajstić information content (AvgIpc) is 2.39. The minimum absolute atomic E-state index is 0.614. The lowest BCUT2D eigenvalue weighted by Gasteiger charge is -2.12. The highest BCUT2D eigenvalue weighted by Gasteiger charge is 2.09. The zero-order valence-electron chi connectivity index (χ0n) is 12.5. The normalized spacial score (nSPS) is 10.7. The van der Waals surface area contributed by atoms with Crippen molar-refractivity contribution in [2.24, 2.45) is 0 Å². The molecule has 0 atom stereocenters. The zero-order valence-corrected chi connectivity index (χ0v) is 12.5. The van der Waals surface area contributed by atoms with E-state index >= 15 is 0 Å². The fourth-order valence-electron chi connectivity index (χ4n) is 1.91. The molecule has 0 bridgehead atoms. The van der Waals surface area contributed by atoms with E-state index in [2.05, 4.69) is 29.1 Å². The first-order valence-electron chi connectivity index (χ1n) is 6.89. The molecule has 0 aliphatic carbocycles. The molecule has 0 saturated carbocycles. The van der Waals surface area contributed by atoms with Crippen molar-refractivity contribution >= 4 is 5.82 Å². The van der Waals surface area contributed by atoms with Crippen LogP contribution < -0.4 is 5.32 Å². The highest BCUT2D eigenvalue weighted by atomic mass is 16.5. The van der Waals surface area contributed by atoms with Gasteiger partial charge in [0.15, 0.2) is 0 Å². The summed E-state index contributed by atoms with van der Waals surface area (Å²) in [6.45, 7) is 8.97. The van der Waals surface area contributed by atoms with Crippen LogP contribution in [-0.2, 0) is 22.3 Å². The summed E-state index contributed by atoms with van der Waals surface area (Å²) >= 11 is 0. The summed E-state index contributed by atoms with van der Waals surface area (Å²) < 4.78 is 10.4. The van der Waals surface area contributed by atoms with Crippen LogP contribution in [0.4, 0.5) is 5.82 Å². The van der Waals surface area contributed by atoms with Crippen LogP contribution in [0, 0.1) is 6.92 Å². The van der Waals surface area contributed by atoms with Gasteiger partial charge in [-0.25, -0.2) is 9.97 Å². The number of hydrogen-bond acceptors (Lipinski definition) is 5. The van der Waals surface area contributed by atoms with Crippen LogP contribution in [0.15, 0.2) is 0 Å². The van der Waals surface area contributed by atoms with Crippen molar-refractivity contribution in [2.45, 2.75) is 33.6 Å². The Morgan fingerprint density at radius 1 is 1.11 bits per heavy atom. The molecule has 0 aliphatic rings. The van der Waals surface area contributed by atoms with E-state index in [1.165, 1.54) is 5.56 Å². The standard InChI is InChI=1S/C14H25N3O2/c1-5-12-11(3)16-13(17-14(12)15-6-2)7-8-19-10-9-18-4/h5-10H2,1-4H3,(H,15,16,17). The minimum atomic E-state index is 0.614. The highest BCUT2D eigenvalue weighted by molar-refractivity contribution is 5.46. The fourth-order valence-corrected chi connectivity index (χ4v) is 1.91. The molecule has 0 aliphatic heterocycles. The van der Waals surface area contributed by atoms with Crippen LogP contribution >= 0.6 is 0 Å². The van der Waals surface area contributed by atoms with Gasteiger partial charge in [0, 0.05) is 31.3 Å². The number of nitrogens with one attached hydrogen (secondary N) is 1. The van der Waals surface area contributed by atoms with Crippen molar-refractivity contribution in [2.75, 3.05) is 38.8 Å². The number of nitrogens with zero attached hydrogens (tertiary/aromatic N) is 2. The van der Waals surface area contributed by atoms with Crippen molar-refractivity contribution in [1.29, 1.82) is 0 Å². The van der Waals surface area contributed by atoms with E-state index in [0.29, 0.717) is 19.8 Å². The summed E-state index contributed by atoms with van der Waals surface area (Å²) in [6.07, 6.45) is 1.67.